The fourth-order valence-electron chi connectivity index (χ4n) is 2.30. The summed E-state index contributed by atoms with van der Waals surface area (Å²) in [6.45, 7) is 0.754. The van der Waals surface area contributed by atoms with Gasteiger partial charge in [0.25, 0.3) is 0 Å². The molecule has 0 aliphatic heterocycles. The van der Waals surface area contributed by atoms with Crippen molar-refractivity contribution >= 4 is 5.97 Å². The number of methoxy groups -OCH3 is 2. The predicted molar refractivity (Wildman–Crippen MR) is 74.9 cm³/mol. The Kier molecular flexibility index (Phi) is 6.61. The van der Waals surface area contributed by atoms with E-state index in [1.165, 1.54) is 19.2 Å². The summed E-state index contributed by atoms with van der Waals surface area (Å²) in [6.07, 6.45) is 2.15. The first-order chi connectivity index (χ1) is 9.60. The lowest BCUT2D eigenvalue weighted by atomic mass is 9.76. The topological polar surface area (TPSA) is 61.5 Å². The SMILES string of the molecule is COCCCCC(CN)(C(=O)OC)c1ccc(F)cc1. The molecule has 0 fully saturated rings. The van der Waals surface area contributed by atoms with Gasteiger partial charge in [-0.1, -0.05) is 12.1 Å². The summed E-state index contributed by atoms with van der Waals surface area (Å²) in [7, 11) is 2.97. The van der Waals surface area contributed by atoms with Gasteiger partial charge >= 0.3 is 5.97 Å². The summed E-state index contributed by atoms with van der Waals surface area (Å²) in [5, 5.41) is 0. The zero-order valence-electron chi connectivity index (χ0n) is 12.0. The number of hydrogen-bond acceptors (Lipinski definition) is 4. The van der Waals surface area contributed by atoms with Gasteiger partial charge in [-0.2, -0.15) is 0 Å². The van der Waals surface area contributed by atoms with Crippen LogP contribution in [0.15, 0.2) is 24.3 Å². The quantitative estimate of drug-likeness (QED) is 0.585. The van der Waals surface area contributed by atoms with Crippen molar-refractivity contribution in [3.05, 3.63) is 35.6 Å². The molecule has 0 spiro atoms. The molecule has 1 aromatic carbocycles. The monoisotopic (exact) mass is 283 g/mol. The summed E-state index contributed by atoms with van der Waals surface area (Å²) < 4.78 is 23.0. The minimum Gasteiger partial charge on any atom is -0.468 e. The van der Waals surface area contributed by atoms with Crippen molar-refractivity contribution in [2.24, 2.45) is 5.73 Å². The number of ether oxygens (including phenoxy) is 2. The fourth-order valence-corrected chi connectivity index (χ4v) is 2.30. The highest BCUT2D eigenvalue weighted by Gasteiger charge is 2.39. The van der Waals surface area contributed by atoms with Crippen LogP contribution in [0.2, 0.25) is 0 Å². The molecule has 0 aliphatic rings. The molecule has 0 amide bonds. The molecule has 1 unspecified atom stereocenters. The Bertz CT molecular complexity index is 422. The second-order valence-corrected chi connectivity index (χ2v) is 4.73. The second-order valence-electron chi connectivity index (χ2n) is 4.73. The molecular weight excluding hydrogens is 261 g/mol. The van der Waals surface area contributed by atoms with E-state index < -0.39 is 5.41 Å². The number of hydrogen-bond donors (Lipinski definition) is 1. The number of carbonyl (C=O) groups excluding carboxylic acids is 1. The molecule has 1 rings (SSSR count). The highest BCUT2D eigenvalue weighted by atomic mass is 19.1. The van der Waals surface area contributed by atoms with Gasteiger partial charge in [0, 0.05) is 20.3 Å². The van der Waals surface area contributed by atoms with Crippen LogP contribution in [-0.2, 0) is 19.7 Å². The highest BCUT2D eigenvalue weighted by Crippen LogP contribution is 2.31. The molecule has 0 aromatic heterocycles. The zero-order chi connectivity index (χ0) is 15.0. The summed E-state index contributed by atoms with van der Waals surface area (Å²) >= 11 is 0. The van der Waals surface area contributed by atoms with Crippen molar-refractivity contribution in [1.29, 1.82) is 0 Å². The van der Waals surface area contributed by atoms with Crippen molar-refractivity contribution < 1.29 is 18.7 Å². The molecule has 20 heavy (non-hydrogen) atoms. The molecule has 5 heteroatoms. The molecule has 1 aromatic rings. The molecule has 2 N–H and O–H groups in total. The number of unbranched alkanes of at least 4 members (excludes halogenated alkanes) is 1. The number of carbonyl (C=O) groups is 1. The van der Waals surface area contributed by atoms with E-state index in [0.717, 1.165) is 12.8 Å². The van der Waals surface area contributed by atoms with Gasteiger partial charge in [-0.25, -0.2) is 4.39 Å². The molecule has 0 heterocycles. The molecule has 4 nitrogen and oxygen atoms in total. The molecule has 0 aliphatic carbocycles. The van der Waals surface area contributed by atoms with Crippen molar-refractivity contribution in [3.63, 3.8) is 0 Å². The Hall–Kier alpha value is -1.46. The minimum absolute atomic E-state index is 0.123. The van der Waals surface area contributed by atoms with E-state index in [1.54, 1.807) is 19.2 Å². The third kappa shape index (κ3) is 3.77. The van der Waals surface area contributed by atoms with E-state index in [2.05, 4.69) is 0 Å². The van der Waals surface area contributed by atoms with Crippen LogP contribution in [0.4, 0.5) is 4.39 Å². The first-order valence-electron chi connectivity index (χ1n) is 6.64. The molecular formula is C15H22FNO3. The standard InChI is InChI=1S/C15H22FNO3/c1-19-10-4-3-9-15(11-17,14(18)20-2)12-5-7-13(16)8-6-12/h5-8H,3-4,9-11,17H2,1-2H3. The Balaban J connectivity index is 2.98. The van der Waals surface area contributed by atoms with Crippen molar-refractivity contribution in [1.82, 2.24) is 0 Å². The Morgan fingerprint density at radius 2 is 1.90 bits per heavy atom. The maximum atomic E-state index is 13.1. The summed E-state index contributed by atoms with van der Waals surface area (Å²) in [6, 6.07) is 5.85. The normalized spacial score (nSPS) is 13.8. The van der Waals surface area contributed by atoms with Crippen molar-refractivity contribution in [2.45, 2.75) is 24.7 Å². The van der Waals surface area contributed by atoms with E-state index in [9.17, 15) is 9.18 Å². The smallest absolute Gasteiger partial charge is 0.317 e. The predicted octanol–water partition coefficient (Wildman–Crippen LogP) is 2.01. The first-order valence-corrected chi connectivity index (χ1v) is 6.64. The third-order valence-electron chi connectivity index (χ3n) is 3.52. The first kappa shape index (κ1) is 16.6. The van der Waals surface area contributed by atoms with Crippen LogP contribution >= 0.6 is 0 Å². The van der Waals surface area contributed by atoms with Gasteiger partial charge in [0.15, 0.2) is 0 Å². The summed E-state index contributed by atoms with van der Waals surface area (Å²) in [5.41, 5.74) is 5.61. The zero-order valence-corrected chi connectivity index (χ0v) is 12.0. The Morgan fingerprint density at radius 1 is 1.25 bits per heavy atom. The van der Waals surface area contributed by atoms with Crippen molar-refractivity contribution in [3.8, 4) is 0 Å². The lowest BCUT2D eigenvalue weighted by molar-refractivity contribution is -0.147. The number of benzene rings is 1. The fraction of sp³-hybridized carbons (Fsp3) is 0.533. The van der Waals surface area contributed by atoms with Crippen LogP contribution in [0.1, 0.15) is 24.8 Å². The number of esters is 1. The summed E-state index contributed by atoms with van der Waals surface area (Å²) in [5.74, 6) is -0.729. The lowest BCUT2D eigenvalue weighted by Crippen LogP contribution is -2.44. The van der Waals surface area contributed by atoms with E-state index >= 15 is 0 Å². The lowest BCUT2D eigenvalue weighted by Gasteiger charge is -2.30. The van der Waals surface area contributed by atoms with Crippen LogP contribution in [0.25, 0.3) is 0 Å². The Morgan fingerprint density at radius 3 is 2.40 bits per heavy atom. The van der Waals surface area contributed by atoms with Gasteiger partial charge in [-0.05, 0) is 37.0 Å². The van der Waals surface area contributed by atoms with E-state index in [1.807, 2.05) is 0 Å². The van der Waals surface area contributed by atoms with Crippen LogP contribution in [0.5, 0.6) is 0 Å². The molecule has 0 saturated carbocycles. The highest BCUT2D eigenvalue weighted by molar-refractivity contribution is 5.83. The molecule has 112 valence electrons. The molecule has 0 bridgehead atoms. The second kappa shape index (κ2) is 7.97. The molecule has 1 atom stereocenters. The number of nitrogens with two attached hydrogens (primary N) is 1. The van der Waals surface area contributed by atoms with Gasteiger partial charge in [0.1, 0.15) is 11.2 Å². The van der Waals surface area contributed by atoms with Crippen LogP contribution in [-0.4, -0.2) is 33.3 Å². The van der Waals surface area contributed by atoms with Gasteiger partial charge in [0.05, 0.1) is 7.11 Å². The van der Waals surface area contributed by atoms with E-state index in [4.69, 9.17) is 15.2 Å². The van der Waals surface area contributed by atoms with Crippen LogP contribution < -0.4 is 5.73 Å². The molecule has 0 saturated heterocycles. The number of halogens is 1. The third-order valence-corrected chi connectivity index (χ3v) is 3.52. The van der Waals surface area contributed by atoms with Gasteiger partial charge in [-0.3, -0.25) is 4.79 Å². The van der Waals surface area contributed by atoms with Crippen molar-refractivity contribution in [2.75, 3.05) is 27.4 Å². The maximum Gasteiger partial charge on any atom is 0.317 e. The van der Waals surface area contributed by atoms with Gasteiger partial charge in [0.2, 0.25) is 0 Å². The summed E-state index contributed by atoms with van der Waals surface area (Å²) in [4.78, 5) is 12.2. The Labute approximate surface area is 119 Å². The largest absolute Gasteiger partial charge is 0.468 e. The van der Waals surface area contributed by atoms with Gasteiger partial charge in [-0.15, -0.1) is 0 Å². The van der Waals surface area contributed by atoms with Gasteiger partial charge < -0.3 is 15.2 Å². The average Bonchev–Trinajstić information content (AvgIpc) is 2.48. The maximum absolute atomic E-state index is 13.1. The molecule has 0 radical (unpaired) electrons. The van der Waals surface area contributed by atoms with E-state index in [0.29, 0.717) is 18.6 Å². The van der Waals surface area contributed by atoms with E-state index in [-0.39, 0.29) is 18.3 Å². The van der Waals surface area contributed by atoms with Crippen LogP contribution in [0, 0.1) is 5.82 Å². The number of rotatable bonds is 8. The van der Waals surface area contributed by atoms with Crippen LogP contribution in [0.3, 0.4) is 0 Å². The minimum atomic E-state index is -0.920. The average molecular weight is 283 g/mol.